The van der Waals surface area contributed by atoms with Crippen molar-refractivity contribution in [1.82, 2.24) is 9.38 Å². The fraction of sp³-hybridized carbons (Fsp3) is 0.250. The van der Waals surface area contributed by atoms with Gasteiger partial charge in [0, 0.05) is 12.6 Å². The number of hydrogen-bond acceptors (Lipinski definition) is 5. The Labute approximate surface area is 155 Å². The number of ketones is 1. The molecule has 140 valence electrons. The first-order valence-corrected chi connectivity index (χ1v) is 8.57. The monoisotopic (exact) mass is 368 g/mol. The minimum atomic E-state index is -1.10. The number of pyridine rings is 1. The molecule has 2 aromatic heterocycles. The van der Waals surface area contributed by atoms with Crippen molar-refractivity contribution in [2.24, 2.45) is 0 Å². The summed E-state index contributed by atoms with van der Waals surface area (Å²) >= 11 is 0. The zero-order valence-electron chi connectivity index (χ0n) is 15.0. The van der Waals surface area contributed by atoms with Crippen LogP contribution >= 0.6 is 0 Å². The van der Waals surface area contributed by atoms with Crippen LogP contribution in [0.3, 0.4) is 0 Å². The summed E-state index contributed by atoms with van der Waals surface area (Å²) in [7, 11) is 0. The smallest absolute Gasteiger partial charge is 0.311 e. The molecular formula is C20H20N2O5. The molecule has 3 rings (SSSR count). The lowest BCUT2D eigenvalue weighted by Crippen LogP contribution is -2.17. The van der Waals surface area contributed by atoms with Gasteiger partial charge in [-0.3, -0.25) is 14.0 Å². The van der Waals surface area contributed by atoms with E-state index in [0.717, 1.165) is 0 Å². The van der Waals surface area contributed by atoms with Gasteiger partial charge in [0.2, 0.25) is 0 Å². The van der Waals surface area contributed by atoms with Crippen molar-refractivity contribution in [1.29, 1.82) is 0 Å². The number of fused-ring (bicyclic) bond motifs is 1. The molecular weight excluding hydrogens is 348 g/mol. The maximum absolute atomic E-state index is 13.0. The van der Waals surface area contributed by atoms with Gasteiger partial charge in [-0.25, -0.2) is 4.98 Å². The summed E-state index contributed by atoms with van der Waals surface area (Å²) in [5.41, 5.74) is 1.84. The third-order valence-corrected chi connectivity index (χ3v) is 4.34. The lowest BCUT2D eigenvalue weighted by molar-refractivity contribution is -0.138. The number of phenols is 1. The van der Waals surface area contributed by atoms with E-state index in [1.165, 1.54) is 24.3 Å². The molecule has 27 heavy (non-hydrogen) atoms. The molecule has 0 spiro atoms. The van der Waals surface area contributed by atoms with E-state index in [1.807, 2.05) is 6.92 Å². The summed E-state index contributed by atoms with van der Waals surface area (Å²) in [4.78, 5) is 29.1. The summed E-state index contributed by atoms with van der Waals surface area (Å²) in [5.74, 6) is -1.84. The number of carbonyl (C=O) groups excluding carboxylic acids is 1. The van der Waals surface area contributed by atoms with Gasteiger partial charge < -0.3 is 14.9 Å². The van der Waals surface area contributed by atoms with E-state index < -0.39 is 11.9 Å². The lowest BCUT2D eigenvalue weighted by Gasteiger charge is -2.12. The Morgan fingerprint density at radius 2 is 1.93 bits per heavy atom. The van der Waals surface area contributed by atoms with Gasteiger partial charge in [-0.2, -0.15) is 0 Å². The van der Waals surface area contributed by atoms with Crippen molar-refractivity contribution < 1.29 is 24.5 Å². The van der Waals surface area contributed by atoms with Crippen LogP contribution < -0.4 is 4.74 Å². The van der Waals surface area contributed by atoms with E-state index in [2.05, 4.69) is 4.98 Å². The van der Waals surface area contributed by atoms with Crippen molar-refractivity contribution in [2.45, 2.75) is 26.2 Å². The second kappa shape index (κ2) is 7.49. The molecule has 1 aromatic carbocycles. The van der Waals surface area contributed by atoms with E-state index in [4.69, 9.17) is 4.74 Å². The highest BCUT2D eigenvalue weighted by Crippen LogP contribution is 2.27. The first kappa shape index (κ1) is 18.4. The van der Waals surface area contributed by atoms with Crippen molar-refractivity contribution >= 4 is 17.4 Å². The zero-order valence-corrected chi connectivity index (χ0v) is 15.0. The molecule has 0 aliphatic carbocycles. The van der Waals surface area contributed by atoms with Gasteiger partial charge in [0.05, 0.1) is 18.2 Å². The van der Waals surface area contributed by atoms with Crippen LogP contribution in [0, 0.1) is 6.92 Å². The summed E-state index contributed by atoms with van der Waals surface area (Å²) in [5, 5.41) is 19.0. The van der Waals surface area contributed by atoms with Crippen molar-refractivity contribution in [3.05, 3.63) is 59.5 Å². The fourth-order valence-electron chi connectivity index (χ4n) is 3.10. The number of benzene rings is 1. The summed E-state index contributed by atoms with van der Waals surface area (Å²) in [6.45, 7) is 4.05. The minimum Gasteiger partial charge on any atom is -0.508 e. The topological polar surface area (TPSA) is 101 Å². The lowest BCUT2D eigenvalue weighted by atomic mass is 9.92. The molecule has 7 nitrogen and oxygen atoms in total. The van der Waals surface area contributed by atoms with Crippen LogP contribution in [0.4, 0.5) is 0 Å². The summed E-state index contributed by atoms with van der Waals surface area (Å²) in [6.07, 6.45) is 1.50. The number of carbonyl (C=O) groups is 2. The second-order valence-electron chi connectivity index (χ2n) is 6.15. The van der Waals surface area contributed by atoms with E-state index in [1.54, 1.807) is 29.7 Å². The molecule has 0 saturated carbocycles. The number of imidazole rings is 1. The Bertz CT molecular complexity index is 992. The van der Waals surface area contributed by atoms with Crippen LogP contribution in [0.25, 0.3) is 5.65 Å². The van der Waals surface area contributed by atoms with Crippen LogP contribution in [-0.4, -0.2) is 38.0 Å². The number of nitrogens with zero attached hydrogens (tertiary/aromatic N) is 2. The SMILES string of the molecule is CCOc1cccn2c(C(=O)C[C@H](C(=O)O)c3ccc(O)cc3)c(C)nc12. The molecule has 0 aliphatic heterocycles. The standard InChI is InChI=1S/C20H20N2O5/c1-3-27-17-5-4-10-22-18(12(2)21-19(17)22)16(24)11-15(20(25)26)13-6-8-14(23)9-7-13/h4-10,15,23H,3,11H2,1-2H3,(H,25,26)/t15-/m0/s1. The minimum absolute atomic E-state index is 0.0373. The number of ether oxygens (including phenoxy) is 1. The number of rotatable bonds is 7. The van der Waals surface area contributed by atoms with Crippen LogP contribution in [0.1, 0.15) is 41.0 Å². The molecule has 0 bridgehead atoms. The summed E-state index contributed by atoms with van der Waals surface area (Å²) in [6, 6.07) is 9.36. The molecule has 7 heteroatoms. The van der Waals surface area contributed by atoms with Crippen molar-refractivity contribution in [3.63, 3.8) is 0 Å². The van der Waals surface area contributed by atoms with Crippen molar-refractivity contribution in [2.75, 3.05) is 6.61 Å². The molecule has 0 aliphatic rings. The van der Waals surface area contributed by atoms with Crippen LogP contribution in [0.15, 0.2) is 42.6 Å². The molecule has 0 saturated heterocycles. The van der Waals surface area contributed by atoms with Gasteiger partial charge >= 0.3 is 5.97 Å². The van der Waals surface area contributed by atoms with E-state index in [9.17, 15) is 19.8 Å². The molecule has 0 radical (unpaired) electrons. The van der Waals surface area contributed by atoms with E-state index >= 15 is 0 Å². The third kappa shape index (κ3) is 3.62. The molecule has 0 amide bonds. The Morgan fingerprint density at radius 1 is 1.22 bits per heavy atom. The van der Waals surface area contributed by atoms with Crippen molar-refractivity contribution in [3.8, 4) is 11.5 Å². The number of aromatic hydroxyl groups is 1. The average molecular weight is 368 g/mol. The van der Waals surface area contributed by atoms with Gasteiger partial charge in [0.15, 0.2) is 17.2 Å². The van der Waals surface area contributed by atoms with Gasteiger partial charge in [0.1, 0.15) is 11.4 Å². The maximum Gasteiger partial charge on any atom is 0.311 e. The molecule has 1 atom stereocenters. The largest absolute Gasteiger partial charge is 0.508 e. The number of phenolic OH excluding ortho intramolecular Hbond substituents is 1. The second-order valence-corrected chi connectivity index (χ2v) is 6.15. The zero-order chi connectivity index (χ0) is 19.6. The average Bonchev–Trinajstić information content (AvgIpc) is 2.97. The first-order chi connectivity index (χ1) is 12.9. The van der Waals surface area contributed by atoms with Gasteiger partial charge in [-0.15, -0.1) is 0 Å². The molecule has 0 unspecified atom stereocenters. The highest BCUT2D eigenvalue weighted by Gasteiger charge is 2.27. The number of hydrogen-bond donors (Lipinski definition) is 2. The van der Waals surface area contributed by atoms with Gasteiger partial charge in [-0.1, -0.05) is 12.1 Å². The number of aryl methyl sites for hydroxylation is 1. The number of carboxylic acid groups (broad SMARTS) is 1. The summed E-state index contributed by atoms with van der Waals surface area (Å²) < 4.78 is 7.19. The number of Topliss-reactive ketones (excluding diaryl/α,β-unsaturated/α-hetero) is 1. The predicted octanol–water partition coefficient (Wildman–Crippen LogP) is 3.19. The number of aromatic nitrogens is 2. The predicted molar refractivity (Wildman–Crippen MR) is 98.5 cm³/mol. The third-order valence-electron chi connectivity index (χ3n) is 4.34. The van der Waals surface area contributed by atoms with Crippen LogP contribution in [0.5, 0.6) is 11.5 Å². The van der Waals surface area contributed by atoms with E-state index in [0.29, 0.717) is 35.0 Å². The normalized spacial score (nSPS) is 12.1. The Balaban J connectivity index is 1.97. The molecule has 0 fully saturated rings. The maximum atomic E-state index is 13.0. The fourth-order valence-corrected chi connectivity index (χ4v) is 3.10. The number of aliphatic carboxylic acids is 1. The first-order valence-electron chi connectivity index (χ1n) is 8.57. The molecule has 2 heterocycles. The Hall–Kier alpha value is -3.35. The Kier molecular flexibility index (Phi) is 5.12. The van der Waals surface area contributed by atoms with Gasteiger partial charge in [0.25, 0.3) is 0 Å². The highest BCUT2D eigenvalue weighted by molar-refractivity contribution is 5.99. The van der Waals surface area contributed by atoms with Gasteiger partial charge in [-0.05, 0) is 43.7 Å². The Morgan fingerprint density at radius 3 is 2.56 bits per heavy atom. The van der Waals surface area contributed by atoms with Crippen LogP contribution in [0.2, 0.25) is 0 Å². The molecule has 3 aromatic rings. The highest BCUT2D eigenvalue weighted by atomic mass is 16.5. The number of carboxylic acids is 1. The van der Waals surface area contributed by atoms with E-state index in [-0.39, 0.29) is 18.0 Å². The van der Waals surface area contributed by atoms with Crippen LogP contribution in [-0.2, 0) is 4.79 Å². The molecule has 2 N–H and O–H groups in total. The quantitative estimate of drug-likeness (QED) is 0.621.